The number of nitrogens with zero attached hydrogens (tertiary/aromatic N) is 3. The van der Waals surface area contributed by atoms with Crippen LogP contribution in [0.2, 0.25) is 0 Å². The summed E-state index contributed by atoms with van der Waals surface area (Å²) in [4.78, 5) is 23.6. The number of carbonyl (C=O) groups is 1. The third kappa shape index (κ3) is 5.62. The van der Waals surface area contributed by atoms with Crippen molar-refractivity contribution in [2.24, 2.45) is 5.92 Å². The SMILES string of the molecule is Cc1c(OCCN(C)CCCF)ncc(F)c1[C@@H]1c2[nH]c3ccccc3c2CC(C)N1C[C@@H](C)C(=O)O. The zero-order valence-corrected chi connectivity index (χ0v) is 21.9. The van der Waals surface area contributed by atoms with Crippen LogP contribution in [0.5, 0.6) is 5.88 Å². The minimum Gasteiger partial charge on any atom is -0.481 e. The van der Waals surface area contributed by atoms with Crippen LogP contribution in [0, 0.1) is 18.7 Å². The first kappa shape index (κ1) is 27.0. The normalized spacial score (nSPS) is 18.8. The molecule has 0 fully saturated rings. The van der Waals surface area contributed by atoms with Crippen LogP contribution >= 0.6 is 0 Å². The van der Waals surface area contributed by atoms with Gasteiger partial charge in [-0.05, 0) is 45.4 Å². The first-order valence-electron chi connectivity index (χ1n) is 12.8. The lowest BCUT2D eigenvalue weighted by molar-refractivity contribution is -0.142. The molecule has 0 saturated carbocycles. The largest absolute Gasteiger partial charge is 0.481 e. The Morgan fingerprint density at radius 2 is 2.11 bits per heavy atom. The zero-order valence-electron chi connectivity index (χ0n) is 21.9. The molecule has 3 atom stereocenters. The number of nitrogens with one attached hydrogen (secondary N) is 1. The molecule has 2 N–H and O–H groups in total. The average molecular weight is 515 g/mol. The van der Waals surface area contributed by atoms with E-state index in [4.69, 9.17) is 4.74 Å². The summed E-state index contributed by atoms with van der Waals surface area (Å²) in [5.74, 6) is -1.63. The fourth-order valence-electron chi connectivity index (χ4n) is 5.29. The van der Waals surface area contributed by atoms with Crippen LogP contribution < -0.4 is 4.74 Å². The van der Waals surface area contributed by atoms with Crippen molar-refractivity contribution in [3.63, 3.8) is 0 Å². The van der Waals surface area contributed by atoms with Gasteiger partial charge in [-0.3, -0.25) is 14.1 Å². The fraction of sp³-hybridized carbons (Fsp3) is 0.500. The number of aromatic nitrogens is 2. The zero-order chi connectivity index (χ0) is 26.7. The van der Waals surface area contributed by atoms with Crippen molar-refractivity contribution >= 4 is 16.9 Å². The summed E-state index contributed by atoms with van der Waals surface area (Å²) in [5, 5.41) is 10.7. The number of halogens is 2. The molecule has 0 amide bonds. The molecule has 4 rings (SSSR count). The number of aromatic amines is 1. The second-order valence-corrected chi connectivity index (χ2v) is 10.1. The highest BCUT2D eigenvalue weighted by atomic mass is 19.1. The molecule has 3 heterocycles. The van der Waals surface area contributed by atoms with Gasteiger partial charge < -0.3 is 19.7 Å². The molecular formula is C28H36F2N4O3. The smallest absolute Gasteiger partial charge is 0.307 e. The second-order valence-electron chi connectivity index (χ2n) is 10.1. The Balaban J connectivity index is 1.74. The molecule has 0 aliphatic carbocycles. The summed E-state index contributed by atoms with van der Waals surface area (Å²) in [5.41, 5.74) is 4.00. The Kier molecular flexibility index (Phi) is 8.44. The van der Waals surface area contributed by atoms with Gasteiger partial charge in [0.25, 0.3) is 0 Å². The Hall–Kier alpha value is -3.04. The van der Waals surface area contributed by atoms with E-state index in [0.717, 1.165) is 28.6 Å². The van der Waals surface area contributed by atoms with E-state index in [2.05, 4.69) is 27.9 Å². The van der Waals surface area contributed by atoms with Gasteiger partial charge in [0.2, 0.25) is 5.88 Å². The van der Waals surface area contributed by atoms with Gasteiger partial charge in [-0.15, -0.1) is 0 Å². The number of likely N-dealkylation sites (N-methyl/N-ethyl adjacent to an activating group) is 1. The van der Waals surface area contributed by atoms with Crippen LogP contribution in [0.1, 0.15) is 48.7 Å². The minimum atomic E-state index is -0.888. The minimum absolute atomic E-state index is 0.0148. The molecular weight excluding hydrogens is 478 g/mol. The Morgan fingerprint density at radius 3 is 2.84 bits per heavy atom. The van der Waals surface area contributed by atoms with Gasteiger partial charge in [-0.2, -0.15) is 0 Å². The number of carboxylic acids is 1. The number of ether oxygens (including phenoxy) is 1. The summed E-state index contributed by atoms with van der Waals surface area (Å²) in [7, 11) is 1.90. The number of alkyl halides is 1. The molecule has 9 heteroatoms. The summed E-state index contributed by atoms with van der Waals surface area (Å²) in [6.07, 6.45) is 2.37. The number of fused-ring (bicyclic) bond motifs is 3. The lowest BCUT2D eigenvalue weighted by atomic mass is 9.86. The van der Waals surface area contributed by atoms with Gasteiger partial charge >= 0.3 is 5.97 Å². The van der Waals surface area contributed by atoms with Crippen LogP contribution in [0.25, 0.3) is 10.9 Å². The fourth-order valence-corrected chi connectivity index (χ4v) is 5.29. The predicted molar refractivity (Wildman–Crippen MR) is 139 cm³/mol. The number of para-hydroxylation sites is 1. The number of benzene rings is 1. The lowest BCUT2D eigenvalue weighted by Crippen LogP contribution is -2.46. The van der Waals surface area contributed by atoms with E-state index < -0.39 is 23.7 Å². The number of H-pyrrole nitrogens is 1. The number of pyridine rings is 1. The Bertz CT molecular complexity index is 1250. The van der Waals surface area contributed by atoms with Crippen molar-refractivity contribution in [2.45, 2.75) is 45.7 Å². The summed E-state index contributed by atoms with van der Waals surface area (Å²) >= 11 is 0. The highest BCUT2D eigenvalue weighted by Gasteiger charge is 2.39. The molecule has 1 aliphatic heterocycles. The molecule has 2 aromatic heterocycles. The van der Waals surface area contributed by atoms with Crippen LogP contribution in [0.3, 0.4) is 0 Å². The molecule has 7 nitrogen and oxygen atoms in total. The van der Waals surface area contributed by atoms with E-state index in [1.54, 1.807) is 13.8 Å². The van der Waals surface area contributed by atoms with Crippen LogP contribution in [0.15, 0.2) is 30.5 Å². The summed E-state index contributed by atoms with van der Waals surface area (Å²) < 4.78 is 34.1. The van der Waals surface area contributed by atoms with Crippen molar-refractivity contribution in [3.05, 3.63) is 58.7 Å². The van der Waals surface area contributed by atoms with Gasteiger partial charge in [0, 0.05) is 53.4 Å². The molecule has 3 aromatic rings. The maximum Gasteiger partial charge on any atom is 0.307 e. The first-order valence-corrected chi connectivity index (χ1v) is 12.8. The number of hydrogen-bond donors (Lipinski definition) is 2. The van der Waals surface area contributed by atoms with Crippen molar-refractivity contribution in [2.75, 3.05) is 40.0 Å². The van der Waals surface area contributed by atoms with Gasteiger partial charge in [-0.25, -0.2) is 9.37 Å². The molecule has 0 bridgehead atoms. The van der Waals surface area contributed by atoms with E-state index in [0.29, 0.717) is 43.1 Å². The van der Waals surface area contributed by atoms with Crippen molar-refractivity contribution in [1.82, 2.24) is 19.8 Å². The maximum atomic E-state index is 15.6. The van der Waals surface area contributed by atoms with Crippen molar-refractivity contribution in [1.29, 1.82) is 0 Å². The molecule has 1 unspecified atom stereocenters. The average Bonchev–Trinajstić information content (AvgIpc) is 3.23. The quantitative estimate of drug-likeness (QED) is 0.385. The molecule has 1 aromatic carbocycles. The van der Waals surface area contributed by atoms with E-state index in [-0.39, 0.29) is 19.3 Å². The highest BCUT2D eigenvalue weighted by Crippen LogP contribution is 2.43. The van der Waals surface area contributed by atoms with E-state index in [1.807, 2.05) is 30.1 Å². The third-order valence-electron chi connectivity index (χ3n) is 7.36. The Labute approximate surface area is 216 Å². The standard InChI is InChI=1S/C28H36F2N4O3/c1-17(28(35)36)16-34-18(2)14-21-20-8-5-6-9-23(20)32-25(21)26(34)24-19(3)27(31-15-22(24)30)37-13-12-33(4)11-7-10-29/h5-6,8-9,15,17-18,26,32H,7,10-14,16H2,1-4H3,(H,35,36)/t17-,18?,26-/m1/s1. The molecule has 200 valence electrons. The van der Waals surface area contributed by atoms with Gasteiger partial charge in [0.1, 0.15) is 12.4 Å². The van der Waals surface area contributed by atoms with Crippen LogP contribution in [0.4, 0.5) is 8.78 Å². The molecule has 0 spiro atoms. The molecule has 37 heavy (non-hydrogen) atoms. The van der Waals surface area contributed by atoms with Gasteiger partial charge in [0.15, 0.2) is 0 Å². The predicted octanol–water partition coefficient (Wildman–Crippen LogP) is 4.74. The number of aliphatic carboxylic acids is 1. The topological polar surface area (TPSA) is 81.7 Å². The third-order valence-corrected chi connectivity index (χ3v) is 7.36. The van der Waals surface area contributed by atoms with Crippen LogP contribution in [-0.4, -0.2) is 76.8 Å². The Morgan fingerprint density at radius 1 is 1.35 bits per heavy atom. The maximum absolute atomic E-state index is 15.6. The highest BCUT2D eigenvalue weighted by molar-refractivity contribution is 5.85. The van der Waals surface area contributed by atoms with E-state index >= 15 is 4.39 Å². The van der Waals surface area contributed by atoms with Gasteiger partial charge in [0.05, 0.1) is 24.8 Å². The molecule has 0 saturated heterocycles. The first-order chi connectivity index (χ1) is 17.7. The van der Waals surface area contributed by atoms with E-state index in [9.17, 15) is 14.3 Å². The number of carboxylic acid groups (broad SMARTS) is 1. The molecule has 1 aliphatic rings. The van der Waals surface area contributed by atoms with Crippen molar-refractivity contribution in [3.8, 4) is 5.88 Å². The van der Waals surface area contributed by atoms with Crippen molar-refractivity contribution < 1.29 is 23.4 Å². The summed E-state index contributed by atoms with van der Waals surface area (Å²) in [6, 6.07) is 7.48. The molecule has 0 radical (unpaired) electrons. The monoisotopic (exact) mass is 514 g/mol. The number of rotatable bonds is 11. The van der Waals surface area contributed by atoms with E-state index in [1.165, 1.54) is 6.20 Å². The van der Waals surface area contributed by atoms with Crippen LogP contribution in [-0.2, 0) is 11.2 Å². The summed E-state index contributed by atoms with van der Waals surface area (Å²) in [6.45, 7) is 6.99. The lowest BCUT2D eigenvalue weighted by Gasteiger charge is -2.42. The number of hydrogen-bond acceptors (Lipinski definition) is 5. The second kappa shape index (κ2) is 11.6. The van der Waals surface area contributed by atoms with Gasteiger partial charge in [-0.1, -0.05) is 25.1 Å².